The Morgan fingerprint density at radius 3 is 2.53 bits per heavy atom. The number of amides is 1. The number of carbonyl (C=O) groups is 1. The molecule has 7 heteroatoms. The largest absolute Gasteiger partial charge is 0.494 e. The van der Waals surface area contributed by atoms with Crippen molar-refractivity contribution in [3.05, 3.63) is 53.6 Å². The zero-order valence-corrected chi connectivity index (χ0v) is 17.9. The number of ether oxygens (including phenoxy) is 3. The van der Waals surface area contributed by atoms with Gasteiger partial charge in [-0.05, 0) is 48.2 Å². The SMILES string of the molecule is CCCCOc1ccc(C2CC(C(=O)NCc3ccc(OC)c(OC)c3)NN2)cc1. The lowest BCUT2D eigenvalue weighted by Crippen LogP contribution is -2.42. The Balaban J connectivity index is 1.49. The Labute approximate surface area is 178 Å². The van der Waals surface area contributed by atoms with Crippen LogP contribution in [-0.2, 0) is 11.3 Å². The van der Waals surface area contributed by atoms with Gasteiger partial charge in [0.2, 0.25) is 5.91 Å². The Hall–Kier alpha value is -2.77. The minimum Gasteiger partial charge on any atom is -0.494 e. The third kappa shape index (κ3) is 5.64. The van der Waals surface area contributed by atoms with Crippen LogP contribution in [0.5, 0.6) is 17.2 Å². The number of rotatable bonds is 10. The Morgan fingerprint density at radius 2 is 1.83 bits per heavy atom. The monoisotopic (exact) mass is 413 g/mol. The molecule has 1 aliphatic heterocycles. The van der Waals surface area contributed by atoms with Gasteiger partial charge in [-0.25, -0.2) is 10.9 Å². The highest BCUT2D eigenvalue weighted by molar-refractivity contribution is 5.82. The summed E-state index contributed by atoms with van der Waals surface area (Å²) in [5.74, 6) is 2.15. The van der Waals surface area contributed by atoms with Crippen LogP contribution in [0.1, 0.15) is 43.4 Å². The predicted molar refractivity (Wildman–Crippen MR) is 116 cm³/mol. The number of hydrogen-bond acceptors (Lipinski definition) is 6. The normalized spacial score (nSPS) is 18.1. The molecule has 162 valence electrons. The first kappa shape index (κ1) is 21.9. The van der Waals surface area contributed by atoms with Crippen molar-refractivity contribution in [1.82, 2.24) is 16.2 Å². The first-order chi connectivity index (χ1) is 14.6. The van der Waals surface area contributed by atoms with Gasteiger partial charge in [0.1, 0.15) is 11.8 Å². The van der Waals surface area contributed by atoms with Crippen molar-refractivity contribution >= 4 is 5.91 Å². The summed E-state index contributed by atoms with van der Waals surface area (Å²) < 4.78 is 16.3. The molecule has 2 atom stereocenters. The second kappa shape index (κ2) is 10.8. The van der Waals surface area contributed by atoms with E-state index in [0.29, 0.717) is 24.5 Å². The highest BCUT2D eigenvalue weighted by Crippen LogP contribution is 2.28. The van der Waals surface area contributed by atoms with Crippen molar-refractivity contribution < 1.29 is 19.0 Å². The van der Waals surface area contributed by atoms with E-state index in [1.807, 2.05) is 42.5 Å². The molecular formula is C23H31N3O4. The van der Waals surface area contributed by atoms with Gasteiger partial charge < -0.3 is 19.5 Å². The highest BCUT2D eigenvalue weighted by atomic mass is 16.5. The Morgan fingerprint density at radius 1 is 1.07 bits per heavy atom. The van der Waals surface area contributed by atoms with Gasteiger partial charge in [-0.15, -0.1) is 0 Å². The summed E-state index contributed by atoms with van der Waals surface area (Å²) in [7, 11) is 3.19. The smallest absolute Gasteiger partial charge is 0.238 e. The summed E-state index contributed by atoms with van der Waals surface area (Å²) in [6, 6.07) is 13.5. The van der Waals surface area contributed by atoms with E-state index in [4.69, 9.17) is 14.2 Å². The van der Waals surface area contributed by atoms with Gasteiger partial charge in [-0.2, -0.15) is 0 Å². The van der Waals surface area contributed by atoms with Gasteiger partial charge in [-0.3, -0.25) is 4.79 Å². The molecule has 1 heterocycles. The second-order valence-corrected chi connectivity index (χ2v) is 7.31. The minimum atomic E-state index is -0.296. The second-order valence-electron chi connectivity index (χ2n) is 7.31. The Bertz CT molecular complexity index is 826. The van der Waals surface area contributed by atoms with Gasteiger partial charge in [0, 0.05) is 12.6 Å². The maximum atomic E-state index is 12.6. The average molecular weight is 414 g/mol. The van der Waals surface area contributed by atoms with E-state index in [2.05, 4.69) is 23.1 Å². The molecule has 3 N–H and O–H groups in total. The van der Waals surface area contributed by atoms with Crippen LogP contribution in [0.2, 0.25) is 0 Å². The molecule has 1 fully saturated rings. The van der Waals surface area contributed by atoms with Gasteiger partial charge in [0.25, 0.3) is 0 Å². The fraction of sp³-hybridized carbons (Fsp3) is 0.435. The Kier molecular flexibility index (Phi) is 7.93. The van der Waals surface area contributed by atoms with Crippen molar-refractivity contribution in [3.8, 4) is 17.2 Å². The van der Waals surface area contributed by atoms with Crippen LogP contribution in [0.25, 0.3) is 0 Å². The van der Waals surface area contributed by atoms with Crippen molar-refractivity contribution in [2.75, 3.05) is 20.8 Å². The highest BCUT2D eigenvalue weighted by Gasteiger charge is 2.30. The minimum absolute atomic E-state index is 0.0423. The lowest BCUT2D eigenvalue weighted by Gasteiger charge is -2.13. The molecule has 2 unspecified atom stereocenters. The molecule has 0 aliphatic carbocycles. The van der Waals surface area contributed by atoms with E-state index in [0.717, 1.165) is 36.3 Å². The van der Waals surface area contributed by atoms with Gasteiger partial charge in [0.15, 0.2) is 11.5 Å². The van der Waals surface area contributed by atoms with Crippen molar-refractivity contribution in [2.24, 2.45) is 0 Å². The molecule has 2 aromatic carbocycles. The standard InChI is InChI=1S/C23H31N3O4/c1-4-5-12-30-18-9-7-17(8-10-18)19-14-20(26-25-19)23(27)24-15-16-6-11-21(28-2)22(13-16)29-3/h6-11,13,19-20,25-26H,4-5,12,14-15H2,1-3H3,(H,24,27). The number of hydrogen-bond donors (Lipinski definition) is 3. The van der Waals surface area contributed by atoms with Crippen LogP contribution >= 0.6 is 0 Å². The van der Waals surface area contributed by atoms with Crippen LogP contribution in [0.4, 0.5) is 0 Å². The molecule has 1 saturated heterocycles. The number of hydrazine groups is 1. The molecule has 1 amide bonds. The molecule has 3 rings (SSSR count). The first-order valence-corrected chi connectivity index (χ1v) is 10.4. The average Bonchev–Trinajstić information content (AvgIpc) is 3.28. The summed E-state index contributed by atoms with van der Waals surface area (Å²) in [6.45, 7) is 3.30. The van der Waals surface area contributed by atoms with Gasteiger partial charge in [-0.1, -0.05) is 31.5 Å². The number of benzene rings is 2. The third-order valence-corrected chi connectivity index (χ3v) is 5.18. The van der Waals surface area contributed by atoms with Crippen LogP contribution in [-0.4, -0.2) is 32.8 Å². The number of methoxy groups -OCH3 is 2. The molecule has 2 aromatic rings. The number of nitrogens with one attached hydrogen (secondary N) is 3. The maximum absolute atomic E-state index is 12.6. The lowest BCUT2D eigenvalue weighted by atomic mass is 10.0. The van der Waals surface area contributed by atoms with E-state index in [9.17, 15) is 4.79 Å². The van der Waals surface area contributed by atoms with Crippen LogP contribution in [0, 0.1) is 0 Å². The molecule has 0 radical (unpaired) electrons. The zero-order chi connectivity index (χ0) is 21.3. The summed E-state index contributed by atoms with van der Waals surface area (Å²) >= 11 is 0. The van der Waals surface area contributed by atoms with E-state index in [1.165, 1.54) is 0 Å². The summed E-state index contributed by atoms with van der Waals surface area (Å²) in [4.78, 5) is 12.6. The fourth-order valence-corrected chi connectivity index (χ4v) is 3.38. The number of unbranched alkanes of at least 4 members (excludes halogenated alkanes) is 1. The first-order valence-electron chi connectivity index (χ1n) is 10.4. The van der Waals surface area contributed by atoms with E-state index < -0.39 is 0 Å². The molecule has 0 saturated carbocycles. The lowest BCUT2D eigenvalue weighted by molar-refractivity contribution is -0.123. The molecule has 0 aromatic heterocycles. The summed E-state index contributed by atoms with van der Waals surface area (Å²) in [6.07, 6.45) is 2.84. The van der Waals surface area contributed by atoms with Crippen molar-refractivity contribution in [1.29, 1.82) is 0 Å². The van der Waals surface area contributed by atoms with Crippen molar-refractivity contribution in [2.45, 2.75) is 44.8 Å². The molecule has 0 spiro atoms. The van der Waals surface area contributed by atoms with Gasteiger partial charge in [0.05, 0.1) is 20.8 Å². The van der Waals surface area contributed by atoms with E-state index in [1.54, 1.807) is 14.2 Å². The quantitative estimate of drug-likeness (QED) is 0.520. The number of carbonyl (C=O) groups excluding carboxylic acids is 1. The van der Waals surface area contributed by atoms with Crippen LogP contribution in [0.3, 0.4) is 0 Å². The maximum Gasteiger partial charge on any atom is 0.238 e. The van der Waals surface area contributed by atoms with E-state index in [-0.39, 0.29) is 18.0 Å². The molecular weight excluding hydrogens is 382 g/mol. The van der Waals surface area contributed by atoms with Crippen LogP contribution in [0.15, 0.2) is 42.5 Å². The van der Waals surface area contributed by atoms with Crippen molar-refractivity contribution in [3.63, 3.8) is 0 Å². The summed E-state index contributed by atoms with van der Waals surface area (Å²) in [5.41, 5.74) is 8.39. The van der Waals surface area contributed by atoms with Gasteiger partial charge >= 0.3 is 0 Å². The molecule has 0 bridgehead atoms. The molecule has 1 aliphatic rings. The summed E-state index contributed by atoms with van der Waals surface area (Å²) in [5, 5.41) is 2.98. The molecule has 30 heavy (non-hydrogen) atoms. The topological polar surface area (TPSA) is 80.9 Å². The third-order valence-electron chi connectivity index (χ3n) is 5.18. The molecule has 7 nitrogen and oxygen atoms in total. The van der Waals surface area contributed by atoms with Crippen LogP contribution < -0.4 is 30.4 Å². The fourth-order valence-electron chi connectivity index (χ4n) is 3.38. The zero-order valence-electron chi connectivity index (χ0n) is 17.9. The predicted octanol–water partition coefficient (Wildman–Crippen LogP) is 3.11. The van der Waals surface area contributed by atoms with E-state index >= 15 is 0 Å².